The Morgan fingerprint density at radius 1 is 1.00 bits per heavy atom. The second kappa shape index (κ2) is 10.9. The second-order valence-electron chi connectivity index (χ2n) is 8.10. The Labute approximate surface area is 194 Å². The zero-order chi connectivity index (χ0) is 23.0. The number of amides is 2. The molecule has 4 rings (SSSR count). The Morgan fingerprint density at radius 2 is 1.79 bits per heavy atom. The molecule has 0 N–H and O–H groups in total. The molecule has 2 aliphatic rings. The third kappa shape index (κ3) is 6.05. The van der Waals surface area contributed by atoms with E-state index in [1.807, 2.05) is 43.3 Å². The Hall–Kier alpha value is -3.50. The minimum atomic E-state index is -0.237. The Kier molecular flexibility index (Phi) is 7.48. The fraction of sp³-hybridized carbons (Fsp3) is 0.385. The number of ether oxygens (including phenoxy) is 2. The number of nitrogens with zero attached hydrogens (tertiary/aromatic N) is 3. The highest BCUT2D eigenvalue weighted by Crippen LogP contribution is 2.25. The molecule has 2 aromatic carbocycles. The molecule has 0 atom stereocenters. The van der Waals surface area contributed by atoms with Crippen molar-refractivity contribution in [2.45, 2.75) is 20.0 Å². The summed E-state index contributed by atoms with van der Waals surface area (Å²) in [6, 6.07) is 15.7. The molecule has 0 bridgehead atoms. The predicted octanol–water partition coefficient (Wildman–Crippen LogP) is 2.73. The molecule has 0 unspecified atom stereocenters. The number of hydrogen-bond donors (Lipinski definition) is 0. The molecular weight excluding hydrogens is 418 g/mol. The van der Waals surface area contributed by atoms with E-state index in [1.165, 1.54) is 0 Å². The molecule has 2 aromatic rings. The van der Waals surface area contributed by atoms with Crippen molar-refractivity contribution in [3.63, 3.8) is 0 Å². The molecule has 7 heteroatoms. The highest BCUT2D eigenvalue weighted by molar-refractivity contribution is 5.94. The predicted molar refractivity (Wildman–Crippen MR) is 125 cm³/mol. The van der Waals surface area contributed by atoms with Gasteiger partial charge >= 0.3 is 6.09 Å². The van der Waals surface area contributed by atoms with Crippen molar-refractivity contribution >= 4 is 12.0 Å². The van der Waals surface area contributed by atoms with Crippen molar-refractivity contribution in [3.8, 4) is 17.6 Å². The minimum absolute atomic E-state index is 0.198. The number of rotatable bonds is 3. The highest BCUT2D eigenvalue weighted by atomic mass is 16.6. The Bertz CT molecular complexity index is 1040. The van der Waals surface area contributed by atoms with E-state index >= 15 is 0 Å². The number of carbonyl (C=O) groups is 2. The fourth-order valence-corrected chi connectivity index (χ4v) is 4.01. The van der Waals surface area contributed by atoms with Crippen molar-refractivity contribution < 1.29 is 19.1 Å². The van der Waals surface area contributed by atoms with Crippen LogP contribution in [-0.2, 0) is 22.6 Å². The van der Waals surface area contributed by atoms with Gasteiger partial charge in [0.1, 0.15) is 12.4 Å². The van der Waals surface area contributed by atoms with Crippen LogP contribution < -0.4 is 4.74 Å². The van der Waals surface area contributed by atoms with Gasteiger partial charge in [-0.15, -0.1) is 0 Å². The van der Waals surface area contributed by atoms with E-state index in [4.69, 9.17) is 9.47 Å². The summed E-state index contributed by atoms with van der Waals surface area (Å²) in [6.07, 6.45) is -0.237. The van der Waals surface area contributed by atoms with Gasteiger partial charge in [-0.3, -0.25) is 9.69 Å². The zero-order valence-electron chi connectivity index (χ0n) is 19.0. The van der Waals surface area contributed by atoms with E-state index in [1.54, 1.807) is 9.80 Å². The van der Waals surface area contributed by atoms with Crippen molar-refractivity contribution in [3.05, 3.63) is 65.2 Å². The summed E-state index contributed by atoms with van der Waals surface area (Å²) in [5, 5.41) is 0. The van der Waals surface area contributed by atoms with E-state index in [-0.39, 0.29) is 12.0 Å². The molecule has 7 nitrogen and oxygen atoms in total. The smallest absolute Gasteiger partial charge is 0.409 e. The van der Waals surface area contributed by atoms with Gasteiger partial charge in [-0.1, -0.05) is 30.2 Å². The molecule has 2 aliphatic heterocycles. The van der Waals surface area contributed by atoms with Crippen LogP contribution >= 0.6 is 0 Å². The summed E-state index contributed by atoms with van der Waals surface area (Å²) in [7, 11) is 0. The van der Waals surface area contributed by atoms with Crippen LogP contribution in [0.15, 0.2) is 48.5 Å². The summed E-state index contributed by atoms with van der Waals surface area (Å²) < 4.78 is 11.0. The van der Waals surface area contributed by atoms with E-state index in [0.717, 1.165) is 42.1 Å². The van der Waals surface area contributed by atoms with Gasteiger partial charge in [0.2, 0.25) is 0 Å². The van der Waals surface area contributed by atoms with E-state index < -0.39 is 0 Å². The van der Waals surface area contributed by atoms with Gasteiger partial charge < -0.3 is 19.3 Å². The first-order chi connectivity index (χ1) is 16.1. The Morgan fingerprint density at radius 3 is 2.55 bits per heavy atom. The van der Waals surface area contributed by atoms with Crippen LogP contribution in [0.25, 0.3) is 0 Å². The van der Waals surface area contributed by atoms with Crippen LogP contribution in [0.4, 0.5) is 4.79 Å². The standard InChI is InChI=1S/C26H29N3O4/c1-2-32-26(31)28-14-12-27(13-15-28)19-22-8-10-24-23(18-22)20-29(16-17-33-24)25(30)11-9-21-6-4-3-5-7-21/h3-8,10,18H,2,12-17,19-20H2,1H3. The van der Waals surface area contributed by atoms with Crippen molar-refractivity contribution in [2.75, 3.05) is 45.9 Å². The van der Waals surface area contributed by atoms with Crippen LogP contribution in [0.3, 0.4) is 0 Å². The van der Waals surface area contributed by atoms with Gasteiger partial charge in [-0.25, -0.2) is 4.79 Å². The lowest BCUT2D eigenvalue weighted by molar-refractivity contribution is -0.125. The van der Waals surface area contributed by atoms with Crippen LogP contribution in [0.5, 0.6) is 5.75 Å². The summed E-state index contributed by atoms with van der Waals surface area (Å²) in [5.41, 5.74) is 2.97. The third-order valence-corrected chi connectivity index (χ3v) is 5.78. The molecule has 1 saturated heterocycles. The van der Waals surface area contributed by atoms with Gasteiger partial charge in [0.25, 0.3) is 5.91 Å². The van der Waals surface area contributed by atoms with E-state index in [2.05, 4.69) is 28.9 Å². The quantitative estimate of drug-likeness (QED) is 0.677. The summed E-state index contributed by atoms with van der Waals surface area (Å²) in [6.45, 7) is 7.34. The van der Waals surface area contributed by atoms with Crippen molar-refractivity contribution in [1.29, 1.82) is 0 Å². The normalized spacial score (nSPS) is 16.0. The van der Waals surface area contributed by atoms with Crippen LogP contribution in [0.2, 0.25) is 0 Å². The minimum Gasteiger partial charge on any atom is -0.491 e. The Balaban J connectivity index is 1.38. The second-order valence-corrected chi connectivity index (χ2v) is 8.10. The van der Waals surface area contributed by atoms with Gasteiger partial charge in [0, 0.05) is 49.8 Å². The molecule has 2 heterocycles. The number of piperazine rings is 1. The molecule has 2 amide bonds. The average molecular weight is 448 g/mol. The first kappa shape index (κ1) is 22.7. The first-order valence-electron chi connectivity index (χ1n) is 11.4. The SMILES string of the molecule is CCOC(=O)N1CCN(Cc2ccc3c(c2)CN(C(=O)C#Cc2ccccc2)CCO3)CC1. The highest BCUT2D eigenvalue weighted by Gasteiger charge is 2.23. The maximum absolute atomic E-state index is 12.7. The maximum Gasteiger partial charge on any atom is 0.409 e. The first-order valence-corrected chi connectivity index (χ1v) is 11.4. The van der Waals surface area contributed by atoms with Gasteiger partial charge in [0.05, 0.1) is 19.7 Å². The van der Waals surface area contributed by atoms with Crippen LogP contribution in [0, 0.1) is 11.8 Å². The molecule has 1 fully saturated rings. The lowest BCUT2D eigenvalue weighted by Crippen LogP contribution is -2.48. The van der Waals surface area contributed by atoms with Gasteiger partial charge in [-0.2, -0.15) is 0 Å². The van der Waals surface area contributed by atoms with Crippen molar-refractivity contribution in [1.82, 2.24) is 14.7 Å². The average Bonchev–Trinajstić information content (AvgIpc) is 3.06. The van der Waals surface area contributed by atoms with E-state index in [9.17, 15) is 9.59 Å². The number of carbonyl (C=O) groups excluding carboxylic acids is 2. The van der Waals surface area contributed by atoms with E-state index in [0.29, 0.717) is 39.4 Å². The third-order valence-electron chi connectivity index (χ3n) is 5.78. The molecule has 172 valence electrons. The van der Waals surface area contributed by atoms with Crippen LogP contribution in [-0.4, -0.2) is 72.6 Å². The summed E-state index contributed by atoms with van der Waals surface area (Å²) in [4.78, 5) is 30.4. The van der Waals surface area contributed by atoms with Crippen molar-refractivity contribution in [2.24, 2.45) is 0 Å². The maximum atomic E-state index is 12.7. The molecule has 0 radical (unpaired) electrons. The lowest BCUT2D eigenvalue weighted by atomic mass is 10.1. The fourth-order valence-electron chi connectivity index (χ4n) is 4.01. The number of fused-ring (bicyclic) bond motifs is 1. The molecule has 0 spiro atoms. The topological polar surface area (TPSA) is 62.3 Å². The molecule has 33 heavy (non-hydrogen) atoms. The van der Waals surface area contributed by atoms with Gasteiger partial charge in [-0.05, 0) is 36.8 Å². The number of benzene rings is 2. The molecular formula is C26H29N3O4. The number of hydrogen-bond acceptors (Lipinski definition) is 5. The molecule has 0 aromatic heterocycles. The lowest BCUT2D eigenvalue weighted by Gasteiger charge is -2.34. The summed E-state index contributed by atoms with van der Waals surface area (Å²) in [5.74, 6) is 6.32. The van der Waals surface area contributed by atoms with Gasteiger partial charge in [0.15, 0.2) is 0 Å². The molecule has 0 aliphatic carbocycles. The monoisotopic (exact) mass is 447 g/mol. The zero-order valence-corrected chi connectivity index (χ0v) is 19.0. The van der Waals surface area contributed by atoms with Crippen LogP contribution in [0.1, 0.15) is 23.6 Å². The summed E-state index contributed by atoms with van der Waals surface area (Å²) >= 11 is 0. The largest absolute Gasteiger partial charge is 0.491 e. The molecule has 0 saturated carbocycles.